The highest BCUT2D eigenvalue weighted by atomic mass is 16.6. The van der Waals surface area contributed by atoms with E-state index >= 15 is 0 Å². The Morgan fingerprint density at radius 2 is 1.36 bits per heavy atom. The van der Waals surface area contributed by atoms with Crippen LogP contribution in [0.3, 0.4) is 0 Å². The van der Waals surface area contributed by atoms with E-state index in [0.717, 1.165) is 6.07 Å². The Bertz CT molecular complexity index is 1240. The van der Waals surface area contributed by atoms with Gasteiger partial charge in [0.25, 0.3) is 11.4 Å². The number of ether oxygens (including phenoxy) is 3. The number of nitro benzene ring substituents is 2. The number of hydrogen-bond donors (Lipinski definition) is 1. The molecule has 0 saturated carbocycles. The van der Waals surface area contributed by atoms with Gasteiger partial charge in [0, 0.05) is 19.1 Å². The summed E-state index contributed by atoms with van der Waals surface area (Å²) in [6, 6.07) is 7.80. The van der Waals surface area contributed by atoms with Gasteiger partial charge < -0.3 is 19.3 Å². The molecule has 0 aliphatic rings. The first-order valence-electron chi connectivity index (χ1n) is 11.6. The Labute approximate surface area is 225 Å². The Kier molecular flexibility index (Phi) is 11.2. The minimum Gasteiger partial charge on any atom is -0.461 e. The van der Waals surface area contributed by atoms with Crippen molar-refractivity contribution >= 4 is 29.3 Å². The summed E-state index contributed by atoms with van der Waals surface area (Å²) in [7, 11) is 0. The monoisotopic (exact) mass is 548 g/mol. The Morgan fingerprint density at radius 1 is 0.821 bits per heavy atom. The fourth-order valence-electron chi connectivity index (χ4n) is 2.83. The van der Waals surface area contributed by atoms with E-state index in [1.165, 1.54) is 37.3 Å². The van der Waals surface area contributed by atoms with E-state index in [4.69, 9.17) is 19.3 Å². The van der Waals surface area contributed by atoms with Crippen molar-refractivity contribution in [3.63, 3.8) is 0 Å². The lowest BCUT2D eigenvalue weighted by molar-refractivity contribution is -0.385. The third-order valence-corrected chi connectivity index (χ3v) is 4.41. The van der Waals surface area contributed by atoms with E-state index in [2.05, 4.69) is 0 Å². The number of nitrogens with zero attached hydrogens (tertiary/aromatic N) is 2. The predicted molar refractivity (Wildman–Crippen MR) is 138 cm³/mol. The van der Waals surface area contributed by atoms with Gasteiger partial charge in [0.15, 0.2) is 0 Å². The Balaban J connectivity index is 0.000000395. The van der Waals surface area contributed by atoms with Gasteiger partial charge in [0.1, 0.15) is 23.4 Å². The Morgan fingerprint density at radius 3 is 1.82 bits per heavy atom. The van der Waals surface area contributed by atoms with Crippen LogP contribution in [0.25, 0.3) is 0 Å². The van der Waals surface area contributed by atoms with Crippen LogP contribution < -0.4 is 0 Å². The lowest BCUT2D eigenvalue weighted by Crippen LogP contribution is -2.24. The maximum absolute atomic E-state index is 11.9. The van der Waals surface area contributed by atoms with E-state index in [9.17, 15) is 34.6 Å². The number of esters is 3. The van der Waals surface area contributed by atoms with Gasteiger partial charge in [-0.15, -0.1) is 0 Å². The summed E-state index contributed by atoms with van der Waals surface area (Å²) < 4.78 is 15.0. The molecule has 2 aromatic rings. The van der Waals surface area contributed by atoms with E-state index in [1.54, 1.807) is 41.5 Å². The second kappa shape index (κ2) is 13.4. The molecule has 0 saturated heterocycles. The number of hydrogen-bond acceptors (Lipinski definition) is 11. The molecule has 212 valence electrons. The molecule has 0 unspecified atom stereocenters. The average Bonchev–Trinajstić information content (AvgIpc) is 2.80. The number of aliphatic hydroxyl groups is 1. The first-order chi connectivity index (χ1) is 17.8. The highest BCUT2D eigenvalue weighted by Gasteiger charge is 2.26. The first-order valence-corrected chi connectivity index (χ1v) is 11.6. The molecule has 2 rings (SSSR count). The fraction of sp³-hybridized carbons (Fsp3) is 0.423. The number of nitro groups is 2. The largest absolute Gasteiger partial charge is 0.461 e. The molecule has 2 aromatic carbocycles. The quantitative estimate of drug-likeness (QED) is 0.219. The molecule has 0 atom stereocenters. The minimum atomic E-state index is -0.751. The van der Waals surface area contributed by atoms with Gasteiger partial charge in [-0.05, 0) is 65.3 Å². The zero-order chi connectivity index (χ0) is 30.1. The van der Waals surface area contributed by atoms with Crippen LogP contribution in [-0.4, -0.2) is 44.1 Å². The smallest absolute Gasteiger partial charge is 0.345 e. The van der Waals surface area contributed by atoms with E-state index in [1.807, 2.05) is 0 Å². The summed E-state index contributed by atoms with van der Waals surface area (Å²) in [6.07, 6.45) is 0. The van der Waals surface area contributed by atoms with Gasteiger partial charge in [-0.2, -0.15) is 0 Å². The van der Waals surface area contributed by atoms with Gasteiger partial charge >= 0.3 is 17.9 Å². The Hall–Kier alpha value is -4.39. The molecular formula is C26H32N2O11. The van der Waals surface area contributed by atoms with Crippen LogP contribution in [0.1, 0.15) is 80.3 Å². The summed E-state index contributed by atoms with van der Waals surface area (Å²) >= 11 is 0. The summed E-state index contributed by atoms with van der Waals surface area (Å²) in [5, 5.41) is 30.8. The molecule has 0 radical (unpaired) electrons. The van der Waals surface area contributed by atoms with Gasteiger partial charge in [-0.3, -0.25) is 25.0 Å². The van der Waals surface area contributed by atoms with Gasteiger partial charge in [0.05, 0.1) is 27.6 Å². The number of benzene rings is 2. The van der Waals surface area contributed by atoms with E-state index in [0.29, 0.717) is 5.56 Å². The van der Waals surface area contributed by atoms with Crippen LogP contribution in [0, 0.1) is 20.2 Å². The molecule has 0 heterocycles. The molecule has 1 N–H and O–H groups in total. The van der Waals surface area contributed by atoms with Crippen molar-refractivity contribution in [3.05, 3.63) is 78.9 Å². The SMILES string of the molecule is CC(=O)OCc1ccc(C(=O)OC(C)(C)C)cc1[N+](=O)[O-].CC(C)(C)OC(=O)c1ccc(CO)cc1[N+](=O)[O-]. The summed E-state index contributed by atoms with van der Waals surface area (Å²) in [6.45, 7) is 10.8. The van der Waals surface area contributed by atoms with Gasteiger partial charge in [-0.25, -0.2) is 9.59 Å². The van der Waals surface area contributed by atoms with Gasteiger partial charge in [0.2, 0.25) is 0 Å². The van der Waals surface area contributed by atoms with Crippen molar-refractivity contribution in [2.24, 2.45) is 0 Å². The second-order valence-electron chi connectivity index (χ2n) is 10.2. The average molecular weight is 549 g/mol. The summed E-state index contributed by atoms with van der Waals surface area (Å²) in [4.78, 5) is 55.1. The number of carbonyl (C=O) groups excluding carboxylic acids is 3. The topological polar surface area (TPSA) is 185 Å². The molecule has 0 aliphatic carbocycles. The molecule has 0 fully saturated rings. The van der Waals surface area contributed by atoms with E-state index < -0.39 is 39.0 Å². The summed E-state index contributed by atoms with van der Waals surface area (Å²) in [5.41, 5.74) is -1.54. The minimum absolute atomic E-state index is 0.0724. The van der Waals surface area contributed by atoms with Crippen molar-refractivity contribution in [2.45, 2.75) is 72.9 Å². The zero-order valence-corrected chi connectivity index (χ0v) is 22.8. The summed E-state index contributed by atoms with van der Waals surface area (Å²) in [5.74, 6) is -1.94. The van der Waals surface area contributed by atoms with Crippen molar-refractivity contribution in [3.8, 4) is 0 Å². The van der Waals surface area contributed by atoms with Crippen LogP contribution in [0.5, 0.6) is 0 Å². The first kappa shape index (κ1) is 32.6. The van der Waals surface area contributed by atoms with E-state index in [-0.39, 0.29) is 41.3 Å². The molecular weight excluding hydrogens is 516 g/mol. The molecule has 0 amide bonds. The van der Waals surface area contributed by atoms with Crippen molar-refractivity contribution in [2.75, 3.05) is 0 Å². The second-order valence-corrected chi connectivity index (χ2v) is 10.2. The highest BCUT2D eigenvalue weighted by molar-refractivity contribution is 5.94. The van der Waals surface area contributed by atoms with Crippen molar-refractivity contribution in [1.82, 2.24) is 0 Å². The molecule has 13 nitrogen and oxygen atoms in total. The van der Waals surface area contributed by atoms with Crippen LogP contribution in [0.2, 0.25) is 0 Å². The molecule has 0 bridgehead atoms. The number of aliphatic hydroxyl groups excluding tert-OH is 1. The van der Waals surface area contributed by atoms with Crippen LogP contribution in [0.15, 0.2) is 36.4 Å². The number of rotatable bonds is 7. The van der Waals surface area contributed by atoms with Crippen molar-refractivity contribution < 1.29 is 43.5 Å². The molecule has 13 heteroatoms. The lowest BCUT2D eigenvalue weighted by Gasteiger charge is -2.19. The van der Waals surface area contributed by atoms with Crippen LogP contribution >= 0.6 is 0 Å². The maximum atomic E-state index is 11.9. The van der Waals surface area contributed by atoms with Crippen LogP contribution in [-0.2, 0) is 32.2 Å². The third-order valence-electron chi connectivity index (χ3n) is 4.41. The standard InChI is InChI=1S/C14H17NO6.C12H15NO5/c1-9(16)20-8-11-6-5-10(7-12(11)15(18)19)13(17)21-14(2,3)4;1-12(2,3)18-11(15)9-5-4-8(7-14)6-10(9)13(16)17/h5-7H,8H2,1-4H3;4-6,14H,7H2,1-3H3. The highest BCUT2D eigenvalue weighted by Crippen LogP contribution is 2.24. The third kappa shape index (κ3) is 11.3. The lowest BCUT2D eigenvalue weighted by atomic mass is 10.1. The van der Waals surface area contributed by atoms with Crippen molar-refractivity contribution in [1.29, 1.82) is 0 Å². The maximum Gasteiger partial charge on any atom is 0.345 e. The number of carbonyl (C=O) groups is 3. The zero-order valence-electron chi connectivity index (χ0n) is 22.8. The van der Waals surface area contributed by atoms with Gasteiger partial charge in [-0.1, -0.05) is 6.07 Å². The predicted octanol–water partition coefficient (Wildman–Crippen LogP) is 4.66. The molecule has 0 spiro atoms. The molecule has 0 aliphatic heterocycles. The van der Waals surface area contributed by atoms with Crippen LogP contribution in [0.4, 0.5) is 11.4 Å². The molecule has 39 heavy (non-hydrogen) atoms. The molecule has 0 aromatic heterocycles. The normalized spacial score (nSPS) is 11.0. The fourth-order valence-corrected chi connectivity index (χ4v) is 2.83.